The van der Waals surface area contributed by atoms with Gasteiger partial charge in [0.15, 0.2) is 12.2 Å². The van der Waals surface area contributed by atoms with Crippen LogP contribution < -0.4 is 5.32 Å². The Hall–Kier alpha value is -2.88. The summed E-state index contributed by atoms with van der Waals surface area (Å²) in [6.45, 7) is 2.03. The Morgan fingerprint density at radius 1 is 1.09 bits per heavy atom. The number of hydrogen-bond acceptors (Lipinski definition) is 3. The monoisotopic (exact) mass is 292 g/mol. The molecule has 4 nitrogen and oxygen atoms in total. The molecular weight excluding hydrogens is 276 g/mol. The minimum atomic E-state index is -0.0312. The van der Waals surface area contributed by atoms with Crippen LogP contribution in [0.1, 0.15) is 11.1 Å². The van der Waals surface area contributed by atoms with Crippen LogP contribution in [0.5, 0.6) is 0 Å². The third kappa shape index (κ3) is 3.41. The number of hydrogen-bond donors (Lipinski definition) is 1. The van der Waals surface area contributed by atoms with Gasteiger partial charge in [-0.25, -0.2) is 4.98 Å². The first-order chi connectivity index (χ1) is 10.7. The molecule has 0 radical (unpaired) electrons. The van der Waals surface area contributed by atoms with Crippen molar-refractivity contribution in [2.45, 2.75) is 13.3 Å². The number of rotatable bonds is 4. The number of carbonyl (C=O) groups is 1. The maximum atomic E-state index is 12.0. The molecule has 0 spiro atoms. The molecule has 2 aromatic carbocycles. The predicted octanol–water partition coefficient (Wildman–Crippen LogP) is 3.83. The Kier molecular flexibility index (Phi) is 4.01. The minimum absolute atomic E-state index is 0.0312. The van der Waals surface area contributed by atoms with Crippen molar-refractivity contribution in [1.29, 1.82) is 0 Å². The lowest BCUT2D eigenvalue weighted by Crippen LogP contribution is -2.14. The molecule has 1 aromatic heterocycles. The Morgan fingerprint density at radius 2 is 1.82 bits per heavy atom. The van der Waals surface area contributed by atoms with Crippen molar-refractivity contribution in [2.24, 2.45) is 0 Å². The molecule has 22 heavy (non-hydrogen) atoms. The Labute approximate surface area is 128 Å². The molecule has 0 fully saturated rings. The molecule has 0 aliphatic rings. The van der Waals surface area contributed by atoms with E-state index in [-0.39, 0.29) is 5.91 Å². The van der Waals surface area contributed by atoms with Crippen LogP contribution in [0.4, 0.5) is 5.69 Å². The second-order valence-electron chi connectivity index (χ2n) is 5.15. The summed E-state index contributed by atoms with van der Waals surface area (Å²) in [7, 11) is 0. The maximum absolute atomic E-state index is 12.0. The maximum Gasteiger partial charge on any atom is 0.228 e. The highest BCUT2D eigenvalue weighted by molar-refractivity contribution is 5.92. The summed E-state index contributed by atoms with van der Waals surface area (Å²) in [5.74, 6) is 0.675. The van der Waals surface area contributed by atoms with Crippen LogP contribution in [-0.4, -0.2) is 10.9 Å². The summed E-state index contributed by atoms with van der Waals surface area (Å²) >= 11 is 0. The summed E-state index contributed by atoms with van der Waals surface area (Å²) in [5.41, 5.74) is 3.88. The summed E-state index contributed by atoms with van der Waals surface area (Å²) in [4.78, 5) is 15.9. The van der Waals surface area contributed by atoms with Crippen LogP contribution in [0.2, 0.25) is 0 Å². The number of anilines is 1. The molecule has 1 amide bonds. The fraction of sp³-hybridized carbons (Fsp3) is 0.111. The van der Waals surface area contributed by atoms with Crippen LogP contribution in [0, 0.1) is 6.92 Å². The van der Waals surface area contributed by atoms with E-state index in [1.165, 1.54) is 12.0 Å². The molecule has 0 saturated heterocycles. The summed E-state index contributed by atoms with van der Waals surface area (Å²) in [6.07, 6.45) is 3.42. The zero-order chi connectivity index (χ0) is 15.4. The molecule has 4 heteroatoms. The van der Waals surface area contributed by atoms with Crippen molar-refractivity contribution in [1.82, 2.24) is 4.98 Å². The molecule has 0 aliphatic carbocycles. The van der Waals surface area contributed by atoms with Crippen molar-refractivity contribution in [3.8, 4) is 11.3 Å². The number of nitrogens with zero attached hydrogens (tertiary/aromatic N) is 1. The number of aryl methyl sites for hydroxylation is 1. The molecule has 0 atom stereocenters. The third-order valence-corrected chi connectivity index (χ3v) is 3.37. The second-order valence-corrected chi connectivity index (χ2v) is 5.15. The normalized spacial score (nSPS) is 10.4. The second kappa shape index (κ2) is 6.26. The number of nitrogens with one attached hydrogen (secondary N) is 1. The molecule has 1 heterocycles. The lowest BCUT2D eigenvalue weighted by Gasteiger charge is -2.06. The van der Waals surface area contributed by atoms with Crippen LogP contribution >= 0.6 is 0 Å². The molecule has 1 N–H and O–H groups in total. The molecule has 3 aromatic rings. The number of benzene rings is 2. The van der Waals surface area contributed by atoms with Crippen molar-refractivity contribution < 1.29 is 9.21 Å². The summed E-state index contributed by atoms with van der Waals surface area (Å²) < 4.78 is 5.23. The Bertz CT molecular complexity index is 745. The van der Waals surface area contributed by atoms with Crippen LogP contribution in [-0.2, 0) is 11.2 Å². The van der Waals surface area contributed by atoms with Gasteiger partial charge in [0.2, 0.25) is 5.91 Å². The van der Waals surface area contributed by atoms with E-state index in [0.29, 0.717) is 12.2 Å². The van der Waals surface area contributed by atoms with Crippen molar-refractivity contribution in [2.75, 3.05) is 5.32 Å². The van der Waals surface area contributed by atoms with Gasteiger partial charge in [-0.2, -0.15) is 0 Å². The Morgan fingerprint density at radius 3 is 2.45 bits per heavy atom. The molecule has 0 unspecified atom stereocenters. The van der Waals surface area contributed by atoms with Gasteiger partial charge in [0.25, 0.3) is 0 Å². The van der Waals surface area contributed by atoms with Gasteiger partial charge in [-0.05, 0) is 36.8 Å². The first kappa shape index (κ1) is 14.1. The van der Waals surface area contributed by atoms with E-state index in [1.54, 1.807) is 6.20 Å². The van der Waals surface area contributed by atoms with E-state index in [9.17, 15) is 4.79 Å². The highest BCUT2D eigenvalue weighted by atomic mass is 16.3. The molecule has 0 saturated carbocycles. The third-order valence-electron chi connectivity index (χ3n) is 3.37. The largest absolute Gasteiger partial charge is 0.444 e. The van der Waals surface area contributed by atoms with Gasteiger partial charge in [0, 0.05) is 11.3 Å². The average molecular weight is 292 g/mol. The molecular formula is C18H16N2O2. The van der Waals surface area contributed by atoms with Gasteiger partial charge in [-0.15, -0.1) is 0 Å². The highest BCUT2D eigenvalue weighted by Crippen LogP contribution is 2.20. The molecule has 0 aliphatic heterocycles. The van der Waals surface area contributed by atoms with Crippen LogP contribution in [0.15, 0.2) is 65.5 Å². The molecule has 0 bridgehead atoms. The standard InChI is InChI=1S/C18H16N2O2/c1-13-2-4-14(5-3-13)10-18(21)20-16-8-6-15(7-9-16)17-11-19-12-22-17/h2-9,11-12H,10H2,1H3,(H,20,21). The van der Waals surface area contributed by atoms with Crippen molar-refractivity contribution in [3.63, 3.8) is 0 Å². The van der Waals surface area contributed by atoms with E-state index < -0.39 is 0 Å². The van der Waals surface area contributed by atoms with E-state index in [2.05, 4.69) is 10.3 Å². The van der Waals surface area contributed by atoms with Gasteiger partial charge in [0.05, 0.1) is 12.6 Å². The topological polar surface area (TPSA) is 55.1 Å². The summed E-state index contributed by atoms with van der Waals surface area (Å²) in [6, 6.07) is 15.5. The Balaban J connectivity index is 1.63. The van der Waals surface area contributed by atoms with Crippen molar-refractivity contribution in [3.05, 3.63) is 72.2 Å². The molecule has 3 rings (SSSR count). The number of aromatic nitrogens is 1. The number of oxazole rings is 1. The lowest BCUT2D eigenvalue weighted by atomic mass is 10.1. The van der Waals surface area contributed by atoms with Gasteiger partial charge < -0.3 is 9.73 Å². The zero-order valence-electron chi connectivity index (χ0n) is 12.2. The van der Waals surface area contributed by atoms with Gasteiger partial charge >= 0.3 is 0 Å². The fourth-order valence-corrected chi connectivity index (χ4v) is 2.17. The predicted molar refractivity (Wildman–Crippen MR) is 85.5 cm³/mol. The summed E-state index contributed by atoms with van der Waals surface area (Å²) in [5, 5.41) is 2.89. The first-order valence-corrected chi connectivity index (χ1v) is 7.05. The smallest absolute Gasteiger partial charge is 0.228 e. The highest BCUT2D eigenvalue weighted by Gasteiger charge is 2.05. The SMILES string of the molecule is Cc1ccc(CC(=O)Nc2ccc(-c3cnco3)cc2)cc1. The minimum Gasteiger partial charge on any atom is -0.444 e. The van der Waals surface area contributed by atoms with Gasteiger partial charge in [0.1, 0.15) is 0 Å². The van der Waals surface area contributed by atoms with Crippen LogP contribution in [0.3, 0.4) is 0 Å². The van der Waals surface area contributed by atoms with Crippen LogP contribution in [0.25, 0.3) is 11.3 Å². The average Bonchev–Trinajstić information content (AvgIpc) is 3.05. The van der Waals surface area contributed by atoms with E-state index in [4.69, 9.17) is 4.42 Å². The first-order valence-electron chi connectivity index (χ1n) is 7.05. The van der Waals surface area contributed by atoms with Gasteiger partial charge in [-0.3, -0.25) is 4.79 Å². The van der Waals surface area contributed by atoms with Gasteiger partial charge in [-0.1, -0.05) is 29.8 Å². The van der Waals surface area contributed by atoms with E-state index >= 15 is 0 Å². The van der Waals surface area contributed by atoms with E-state index in [0.717, 1.165) is 16.8 Å². The zero-order valence-corrected chi connectivity index (χ0v) is 12.2. The molecule has 110 valence electrons. The number of carbonyl (C=O) groups excluding carboxylic acids is 1. The van der Waals surface area contributed by atoms with Crippen molar-refractivity contribution >= 4 is 11.6 Å². The fourth-order valence-electron chi connectivity index (χ4n) is 2.17. The number of amides is 1. The lowest BCUT2D eigenvalue weighted by molar-refractivity contribution is -0.115. The van der Waals surface area contributed by atoms with E-state index in [1.807, 2.05) is 55.5 Å². The quantitative estimate of drug-likeness (QED) is 0.795.